The lowest BCUT2D eigenvalue weighted by Crippen LogP contribution is -2.32. The molecule has 0 aromatic rings. The fourth-order valence-electron chi connectivity index (χ4n) is 2.80. The zero-order valence-electron chi connectivity index (χ0n) is 12.3. The van der Waals surface area contributed by atoms with Gasteiger partial charge in [-0.05, 0) is 30.6 Å². The van der Waals surface area contributed by atoms with E-state index >= 15 is 0 Å². The largest absolute Gasteiger partial charge is 0.378 e. The number of ether oxygens (including phenoxy) is 1. The molecule has 0 radical (unpaired) electrons. The van der Waals surface area contributed by atoms with Crippen LogP contribution in [0.4, 0.5) is 0 Å². The number of hydrogen-bond donors (Lipinski definition) is 0. The van der Waals surface area contributed by atoms with E-state index < -0.39 is 9.05 Å². The molecule has 0 aliphatic heterocycles. The van der Waals surface area contributed by atoms with Gasteiger partial charge in [0.2, 0.25) is 9.05 Å². The summed E-state index contributed by atoms with van der Waals surface area (Å²) < 4.78 is 28.5. The lowest BCUT2D eigenvalue weighted by molar-refractivity contribution is -0.0308. The van der Waals surface area contributed by atoms with Gasteiger partial charge in [-0.25, -0.2) is 8.42 Å². The summed E-state index contributed by atoms with van der Waals surface area (Å²) in [5.74, 6) is 0.892. The molecule has 1 fully saturated rings. The molecule has 0 aromatic heterocycles. The fraction of sp³-hybridized carbons (Fsp3) is 1.00. The molecule has 0 spiro atoms. The van der Waals surface area contributed by atoms with Crippen molar-refractivity contribution in [2.45, 2.75) is 59.0 Å². The monoisotopic (exact) mass is 310 g/mol. The molecular weight excluding hydrogens is 284 g/mol. The van der Waals surface area contributed by atoms with Crippen molar-refractivity contribution in [1.82, 2.24) is 0 Å². The first-order valence-electron chi connectivity index (χ1n) is 7.37. The number of halogens is 1. The summed E-state index contributed by atoms with van der Waals surface area (Å²) in [4.78, 5) is 0. The van der Waals surface area contributed by atoms with E-state index in [1.807, 2.05) is 13.8 Å². The molecule has 3 atom stereocenters. The van der Waals surface area contributed by atoms with E-state index in [-0.39, 0.29) is 17.6 Å². The molecule has 5 heteroatoms. The van der Waals surface area contributed by atoms with Crippen molar-refractivity contribution in [2.75, 3.05) is 12.4 Å². The van der Waals surface area contributed by atoms with Crippen molar-refractivity contribution in [3.8, 4) is 0 Å². The Morgan fingerprint density at radius 1 is 1.26 bits per heavy atom. The first-order chi connectivity index (χ1) is 8.83. The molecule has 1 aliphatic rings. The summed E-state index contributed by atoms with van der Waals surface area (Å²) in [6, 6.07) is 0. The minimum Gasteiger partial charge on any atom is -0.378 e. The van der Waals surface area contributed by atoms with Gasteiger partial charge < -0.3 is 4.74 Å². The van der Waals surface area contributed by atoms with Crippen molar-refractivity contribution >= 4 is 19.7 Å². The lowest BCUT2D eigenvalue weighted by atomic mass is 9.84. The predicted octanol–water partition coefficient (Wildman–Crippen LogP) is 3.81. The van der Waals surface area contributed by atoms with Crippen LogP contribution in [0.2, 0.25) is 0 Å². The second-order valence-corrected chi connectivity index (χ2v) is 8.86. The molecule has 1 aliphatic carbocycles. The normalized spacial score (nSPS) is 26.6. The average Bonchev–Trinajstić information content (AvgIpc) is 2.33. The van der Waals surface area contributed by atoms with Crippen molar-refractivity contribution in [3.05, 3.63) is 0 Å². The van der Waals surface area contributed by atoms with Crippen molar-refractivity contribution in [3.63, 3.8) is 0 Å². The highest BCUT2D eigenvalue weighted by molar-refractivity contribution is 8.13. The molecule has 0 bridgehead atoms. The second kappa shape index (κ2) is 7.84. The van der Waals surface area contributed by atoms with E-state index in [2.05, 4.69) is 6.92 Å². The minimum absolute atomic E-state index is 0.00966. The fourth-order valence-corrected chi connectivity index (χ4v) is 4.27. The van der Waals surface area contributed by atoms with Gasteiger partial charge in [0.05, 0.1) is 18.5 Å². The van der Waals surface area contributed by atoms with Crippen LogP contribution in [0.15, 0.2) is 0 Å². The summed E-state index contributed by atoms with van der Waals surface area (Å²) in [5, 5.41) is 0. The van der Waals surface area contributed by atoms with E-state index in [0.717, 1.165) is 12.8 Å². The Bertz CT molecular complexity index is 354. The molecule has 114 valence electrons. The Morgan fingerprint density at radius 3 is 2.42 bits per heavy atom. The summed E-state index contributed by atoms with van der Waals surface area (Å²) in [6.45, 7) is 6.75. The summed E-state index contributed by atoms with van der Waals surface area (Å²) in [5.41, 5.74) is 0. The van der Waals surface area contributed by atoms with Gasteiger partial charge in [0.1, 0.15) is 0 Å². The van der Waals surface area contributed by atoms with Crippen LogP contribution in [0.1, 0.15) is 52.9 Å². The molecule has 0 saturated heterocycles. The van der Waals surface area contributed by atoms with Gasteiger partial charge in [0.25, 0.3) is 0 Å². The smallest absolute Gasteiger partial charge is 0.232 e. The SMILES string of the molecule is CCC1CCCCC1OCC(CS(=O)(=O)Cl)C(C)C. The van der Waals surface area contributed by atoms with Crippen LogP contribution in [-0.2, 0) is 13.8 Å². The predicted molar refractivity (Wildman–Crippen MR) is 80.0 cm³/mol. The third-order valence-corrected chi connectivity index (χ3v) is 5.45. The van der Waals surface area contributed by atoms with Gasteiger partial charge in [-0.3, -0.25) is 0 Å². The number of rotatable bonds is 7. The van der Waals surface area contributed by atoms with Crippen LogP contribution in [0.25, 0.3) is 0 Å². The zero-order chi connectivity index (χ0) is 14.5. The quantitative estimate of drug-likeness (QED) is 0.672. The Kier molecular flexibility index (Phi) is 7.12. The molecule has 1 saturated carbocycles. The molecule has 0 heterocycles. The zero-order valence-corrected chi connectivity index (χ0v) is 13.8. The van der Waals surface area contributed by atoms with Gasteiger partial charge in [-0.2, -0.15) is 0 Å². The Balaban J connectivity index is 2.50. The van der Waals surface area contributed by atoms with Crippen molar-refractivity contribution in [1.29, 1.82) is 0 Å². The molecule has 1 rings (SSSR count). The van der Waals surface area contributed by atoms with E-state index in [4.69, 9.17) is 15.4 Å². The van der Waals surface area contributed by atoms with Crippen LogP contribution in [0.5, 0.6) is 0 Å². The standard InChI is InChI=1S/C14H27ClO3S/c1-4-12-7-5-6-8-14(12)18-9-13(11(2)3)10-19(15,16)17/h11-14H,4-10H2,1-3H3. The molecule has 0 N–H and O–H groups in total. The Labute approximate surface area is 122 Å². The van der Waals surface area contributed by atoms with Crippen LogP contribution in [0, 0.1) is 17.8 Å². The molecule has 0 aromatic carbocycles. The first-order valence-corrected chi connectivity index (χ1v) is 9.85. The Hall–Kier alpha value is 0.200. The van der Waals surface area contributed by atoms with Crippen molar-refractivity contribution < 1.29 is 13.2 Å². The van der Waals surface area contributed by atoms with Gasteiger partial charge in [0, 0.05) is 10.7 Å². The maximum absolute atomic E-state index is 11.2. The summed E-state index contributed by atoms with van der Waals surface area (Å²) >= 11 is 0. The molecular formula is C14H27ClO3S. The molecule has 3 nitrogen and oxygen atoms in total. The van der Waals surface area contributed by atoms with Crippen LogP contribution < -0.4 is 0 Å². The van der Waals surface area contributed by atoms with Gasteiger partial charge in [-0.15, -0.1) is 0 Å². The maximum Gasteiger partial charge on any atom is 0.232 e. The summed E-state index contributed by atoms with van der Waals surface area (Å²) in [6.07, 6.45) is 6.31. The van der Waals surface area contributed by atoms with E-state index in [1.165, 1.54) is 19.3 Å². The van der Waals surface area contributed by atoms with Gasteiger partial charge in [-0.1, -0.05) is 40.0 Å². The van der Waals surface area contributed by atoms with Crippen LogP contribution in [0.3, 0.4) is 0 Å². The molecule has 0 amide bonds. The summed E-state index contributed by atoms with van der Waals surface area (Å²) in [7, 11) is 1.92. The average molecular weight is 311 g/mol. The minimum atomic E-state index is -3.45. The highest BCUT2D eigenvalue weighted by Crippen LogP contribution is 2.30. The topological polar surface area (TPSA) is 43.4 Å². The second-order valence-electron chi connectivity index (χ2n) is 6.03. The highest BCUT2D eigenvalue weighted by atomic mass is 35.7. The number of hydrogen-bond acceptors (Lipinski definition) is 3. The van der Waals surface area contributed by atoms with Crippen LogP contribution in [-0.4, -0.2) is 26.9 Å². The maximum atomic E-state index is 11.2. The van der Waals surface area contributed by atoms with Crippen LogP contribution >= 0.6 is 10.7 Å². The van der Waals surface area contributed by atoms with E-state index in [0.29, 0.717) is 18.6 Å². The highest BCUT2D eigenvalue weighted by Gasteiger charge is 2.27. The van der Waals surface area contributed by atoms with E-state index in [9.17, 15) is 8.42 Å². The van der Waals surface area contributed by atoms with Crippen molar-refractivity contribution in [2.24, 2.45) is 17.8 Å². The van der Waals surface area contributed by atoms with E-state index in [1.54, 1.807) is 0 Å². The third kappa shape index (κ3) is 6.46. The molecule has 3 unspecified atom stereocenters. The lowest BCUT2D eigenvalue weighted by Gasteiger charge is -2.32. The third-order valence-electron chi connectivity index (χ3n) is 4.24. The van der Waals surface area contributed by atoms with Gasteiger partial charge >= 0.3 is 0 Å². The Morgan fingerprint density at radius 2 is 1.89 bits per heavy atom. The first kappa shape index (κ1) is 17.3. The molecule has 19 heavy (non-hydrogen) atoms. The van der Waals surface area contributed by atoms with Gasteiger partial charge in [0.15, 0.2) is 0 Å².